The Morgan fingerprint density at radius 3 is 1.63 bits per heavy atom. The first kappa shape index (κ1) is 35.5. The molecule has 290 valence electrons. The second kappa shape index (κ2) is 14.7. The molecule has 62 heavy (non-hydrogen) atoms. The maximum atomic E-state index is 6.96. The third-order valence-corrected chi connectivity index (χ3v) is 11.7. The Morgan fingerprint density at radius 1 is 0.355 bits per heavy atom. The molecule has 0 unspecified atom stereocenters. The number of furan rings is 1. The summed E-state index contributed by atoms with van der Waals surface area (Å²) in [5, 5.41) is 4.33. The Hall–Kier alpha value is -8.48. The van der Waals surface area contributed by atoms with E-state index >= 15 is 0 Å². The number of aromatic nitrogens is 5. The number of benzene rings is 8. The molecule has 0 bridgehead atoms. The van der Waals surface area contributed by atoms with Crippen LogP contribution in [0.25, 0.3) is 117 Å². The first-order chi connectivity index (χ1) is 30.7. The van der Waals surface area contributed by atoms with Crippen LogP contribution in [0.2, 0.25) is 0 Å². The number of pyridine rings is 1. The summed E-state index contributed by atoms with van der Waals surface area (Å²) in [6.45, 7) is 0. The van der Waals surface area contributed by atoms with Crippen molar-refractivity contribution in [2.75, 3.05) is 0 Å². The summed E-state index contributed by atoms with van der Waals surface area (Å²) in [7, 11) is 0. The summed E-state index contributed by atoms with van der Waals surface area (Å²) in [6.07, 6.45) is 1.95. The van der Waals surface area contributed by atoms with Gasteiger partial charge in [0.1, 0.15) is 11.2 Å². The van der Waals surface area contributed by atoms with E-state index in [2.05, 4.69) is 144 Å². The maximum absolute atomic E-state index is 6.96. The molecule has 6 nitrogen and oxygen atoms in total. The monoisotopic (exact) mass is 793 g/mol. The fourth-order valence-electron chi connectivity index (χ4n) is 8.75. The Balaban J connectivity index is 1.10. The molecule has 6 heteroatoms. The maximum Gasteiger partial charge on any atom is 0.166 e. The molecule has 0 aliphatic rings. The van der Waals surface area contributed by atoms with Gasteiger partial charge in [0.15, 0.2) is 17.5 Å². The van der Waals surface area contributed by atoms with Gasteiger partial charge in [0.2, 0.25) is 0 Å². The van der Waals surface area contributed by atoms with Crippen LogP contribution in [0.4, 0.5) is 0 Å². The largest absolute Gasteiger partial charge is 0.455 e. The standard InChI is InChI=1S/C56H35N5O/c1-5-17-36(18-6-1)39-23-15-24-40(31-39)41-32-48(56-59-54(37-19-7-2-8-20-37)58-55(60-56)38-21-9-3-10-22-38)52(57-35-41)45-29-16-28-44-47-33-50-46(34-51(47)62-53(44)45)43-27-13-14-30-49(43)61(50)42-25-11-4-12-26-42/h1-35H. The van der Waals surface area contributed by atoms with Crippen LogP contribution in [-0.2, 0) is 0 Å². The Labute approximate surface area is 357 Å². The zero-order valence-corrected chi connectivity index (χ0v) is 33.4. The van der Waals surface area contributed by atoms with Gasteiger partial charge in [-0.05, 0) is 65.2 Å². The lowest BCUT2D eigenvalue weighted by atomic mass is 9.96. The Kier molecular flexibility index (Phi) is 8.38. The van der Waals surface area contributed by atoms with Crippen LogP contribution in [0.5, 0.6) is 0 Å². The number of hydrogen-bond donors (Lipinski definition) is 0. The number of rotatable bonds is 7. The molecule has 0 saturated carbocycles. The predicted molar refractivity (Wildman–Crippen MR) is 252 cm³/mol. The van der Waals surface area contributed by atoms with E-state index in [1.54, 1.807) is 0 Å². The highest BCUT2D eigenvalue weighted by Crippen LogP contribution is 2.43. The van der Waals surface area contributed by atoms with Crippen LogP contribution in [0.15, 0.2) is 217 Å². The average Bonchev–Trinajstić information content (AvgIpc) is 3.89. The van der Waals surface area contributed by atoms with Crippen molar-refractivity contribution in [1.82, 2.24) is 24.5 Å². The highest BCUT2D eigenvalue weighted by atomic mass is 16.3. The van der Waals surface area contributed by atoms with Gasteiger partial charge in [0.05, 0.1) is 16.7 Å². The molecule has 12 rings (SSSR count). The van der Waals surface area contributed by atoms with Gasteiger partial charge in [0, 0.05) is 61.2 Å². The zero-order valence-electron chi connectivity index (χ0n) is 33.4. The molecule has 12 aromatic rings. The molecule has 4 aromatic heterocycles. The van der Waals surface area contributed by atoms with E-state index < -0.39 is 0 Å². The molecule has 8 aromatic carbocycles. The van der Waals surface area contributed by atoms with E-state index in [1.807, 2.05) is 72.9 Å². The summed E-state index contributed by atoms with van der Waals surface area (Å²) in [4.78, 5) is 20.7. The molecule has 0 atom stereocenters. The van der Waals surface area contributed by atoms with Gasteiger partial charge in [-0.2, -0.15) is 0 Å². The third kappa shape index (κ3) is 6.04. The third-order valence-electron chi connectivity index (χ3n) is 11.7. The van der Waals surface area contributed by atoms with Crippen molar-refractivity contribution in [3.63, 3.8) is 0 Å². The van der Waals surface area contributed by atoms with Crippen molar-refractivity contribution in [2.45, 2.75) is 0 Å². The van der Waals surface area contributed by atoms with Gasteiger partial charge < -0.3 is 8.98 Å². The summed E-state index contributed by atoms with van der Waals surface area (Å²) >= 11 is 0. The second-order valence-electron chi connectivity index (χ2n) is 15.4. The van der Waals surface area contributed by atoms with Crippen LogP contribution in [0.3, 0.4) is 0 Å². The Bertz CT molecular complexity index is 3560. The second-order valence-corrected chi connectivity index (χ2v) is 15.4. The number of nitrogens with zero attached hydrogens (tertiary/aromatic N) is 5. The molecule has 0 radical (unpaired) electrons. The van der Waals surface area contributed by atoms with E-state index in [-0.39, 0.29) is 0 Å². The van der Waals surface area contributed by atoms with E-state index in [9.17, 15) is 0 Å². The normalized spacial score (nSPS) is 11.5. The van der Waals surface area contributed by atoms with Gasteiger partial charge >= 0.3 is 0 Å². The molecule has 0 aliphatic carbocycles. The van der Waals surface area contributed by atoms with Crippen molar-refractivity contribution in [3.05, 3.63) is 212 Å². The van der Waals surface area contributed by atoms with E-state index in [0.29, 0.717) is 23.2 Å². The van der Waals surface area contributed by atoms with Crippen LogP contribution >= 0.6 is 0 Å². The molecule has 0 fully saturated rings. The summed E-state index contributed by atoms with van der Waals surface area (Å²) < 4.78 is 9.30. The number of fused-ring (bicyclic) bond motifs is 6. The topological polar surface area (TPSA) is 69.6 Å². The van der Waals surface area contributed by atoms with Crippen LogP contribution < -0.4 is 0 Å². The lowest BCUT2D eigenvalue weighted by Crippen LogP contribution is -2.02. The first-order valence-corrected chi connectivity index (χ1v) is 20.7. The van der Waals surface area contributed by atoms with Gasteiger partial charge in [-0.3, -0.25) is 4.98 Å². The fourth-order valence-corrected chi connectivity index (χ4v) is 8.75. The van der Waals surface area contributed by atoms with Gasteiger partial charge in [-0.25, -0.2) is 15.0 Å². The first-order valence-electron chi connectivity index (χ1n) is 20.7. The zero-order chi connectivity index (χ0) is 41.0. The highest BCUT2D eigenvalue weighted by molar-refractivity contribution is 6.18. The van der Waals surface area contributed by atoms with Crippen molar-refractivity contribution < 1.29 is 4.42 Å². The van der Waals surface area contributed by atoms with Crippen LogP contribution in [0.1, 0.15) is 0 Å². The molecular weight excluding hydrogens is 759 g/mol. The number of hydrogen-bond acceptors (Lipinski definition) is 5. The van der Waals surface area contributed by atoms with Gasteiger partial charge in [0.25, 0.3) is 0 Å². The van der Waals surface area contributed by atoms with Crippen LogP contribution in [0, 0.1) is 0 Å². The summed E-state index contributed by atoms with van der Waals surface area (Å²) in [6, 6.07) is 71.2. The minimum Gasteiger partial charge on any atom is -0.455 e. The quantitative estimate of drug-likeness (QED) is 0.161. The lowest BCUT2D eigenvalue weighted by molar-refractivity contribution is 0.670. The fraction of sp³-hybridized carbons (Fsp3) is 0. The molecule has 0 aliphatic heterocycles. The highest BCUT2D eigenvalue weighted by Gasteiger charge is 2.23. The summed E-state index contributed by atoms with van der Waals surface area (Å²) in [5.74, 6) is 1.68. The van der Waals surface area contributed by atoms with Crippen LogP contribution in [-0.4, -0.2) is 24.5 Å². The molecule has 0 spiro atoms. The molecule has 0 amide bonds. The lowest BCUT2D eigenvalue weighted by Gasteiger charge is -2.14. The van der Waals surface area contributed by atoms with Crippen molar-refractivity contribution in [3.8, 4) is 73.4 Å². The molecular formula is C56H35N5O. The molecule has 0 N–H and O–H groups in total. The van der Waals surface area contributed by atoms with Gasteiger partial charge in [-0.1, -0.05) is 158 Å². The minimum absolute atomic E-state index is 0.517. The molecule has 0 saturated heterocycles. The van der Waals surface area contributed by atoms with E-state index in [1.165, 1.54) is 5.39 Å². The van der Waals surface area contributed by atoms with Crippen molar-refractivity contribution in [1.29, 1.82) is 0 Å². The number of para-hydroxylation sites is 3. The smallest absolute Gasteiger partial charge is 0.166 e. The van der Waals surface area contributed by atoms with Crippen molar-refractivity contribution in [2.24, 2.45) is 0 Å². The van der Waals surface area contributed by atoms with Crippen molar-refractivity contribution >= 4 is 43.7 Å². The summed E-state index contributed by atoms with van der Waals surface area (Å²) in [5.41, 5.74) is 13.3. The average molecular weight is 794 g/mol. The van der Waals surface area contributed by atoms with Gasteiger partial charge in [-0.15, -0.1) is 0 Å². The Morgan fingerprint density at radius 2 is 0.919 bits per heavy atom. The predicted octanol–water partition coefficient (Wildman–Crippen LogP) is 14.3. The minimum atomic E-state index is 0.517. The SMILES string of the molecule is c1ccc(-c2cccc(-c3cnc(-c4cccc5c4oc4cc6c7ccccc7n(-c7ccccc7)c6cc45)c(-c4nc(-c5ccccc5)nc(-c5ccccc5)n4)c3)c2)cc1. The van der Waals surface area contributed by atoms with E-state index in [0.717, 1.165) is 88.6 Å². The molecule has 4 heterocycles. The van der Waals surface area contributed by atoms with E-state index in [4.69, 9.17) is 24.4 Å².